The zero-order chi connectivity index (χ0) is 18.7. The quantitative estimate of drug-likeness (QED) is 0.795. The summed E-state index contributed by atoms with van der Waals surface area (Å²) in [5.74, 6) is 0.153. The van der Waals surface area contributed by atoms with Crippen molar-refractivity contribution in [2.75, 3.05) is 47.9 Å². The van der Waals surface area contributed by atoms with E-state index in [4.69, 9.17) is 11.6 Å². The first-order valence-corrected chi connectivity index (χ1v) is 11.4. The van der Waals surface area contributed by atoms with Gasteiger partial charge in [0.05, 0.1) is 28.8 Å². The number of hydrogen-bond donors (Lipinski definition) is 1. The van der Waals surface area contributed by atoms with E-state index in [1.54, 1.807) is 4.90 Å². The monoisotopic (exact) mass is 399 g/mol. The van der Waals surface area contributed by atoms with Crippen molar-refractivity contribution in [2.45, 2.75) is 32.2 Å². The molecule has 2 fully saturated rings. The molecule has 2 heterocycles. The average molecular weight is 400 g/mol. The van der Waals surface area contributed by atoms with Crippen molar-refractivity contribution in [3.8, 4) is 0 Å². The number of halogens is 1. The summed E-state index contributed by atoms with van der Waals surface area (Å²) in [7, 11) is -3.01. The topological polar surface area (TPSA) is 69.7 Å². The van der Waals surface area contributed by atoms with Crippen LogP contribution < -0.4 is 10.2 Å². The van der Waals surface area contributed by atoms with Gasteiger partial charge in [0.25, 0.3) is 0 Å². The Kier molecular flexibility index (Phi) is 5.97. The van der Waals surface area contributed by atoms with Crippen molar-refractivity contribution < 1.29 is 13.2 Å². The van der Waals surface area contributed by atoms with E-state index in [1.807, 2.05) is 25.1 Å². The number of carbonyl (C=O) groups excluding carboxylic acids is 1. The van der Waals surface area contributed by atoms with E-state index >= 15 is 0 Å². The highest BCUT2D eigenvalue weighted by Gasteiger charge is 2.33. The number of carbonyl (C=O) groups is 1. The van der Waals surface area contributed by atoms with E-state index in [2.05, 4.69) is 10.2 Å². The van der Waals surface area contributed by atoms with Gasteiger partial charge in [-0.15, -0.1) is 0 Å². The second-order valence-electron chi connectivity index (χ2n) is 6.95. The van der Waals surface area contributed by atoms with Crippen LogP contribution in [0.1, 0.15) is 26.2 Å². The molecule has 0 spiro atoms. The highest BCUT2D eigenvalue weighted by atomic mass is 35.5. The lowest BCUT2D eigenvalue weighted by Crippen LogP contribution is -2.43. The third kappa shape index (κ3) is 4.43. The fourth-order valence-electron chi connectivity index (χ4n) is 3.77. The van der Waals surface area contributed by atoms with E-state index in [0.717, 1.165) is 24.5 Å². The van der Waals surface area contributed by atoms with Crippen molar-refractivity contribution in [3.63, 3.8) is 0 Å². The van der Waals surface area contributed by atoms with Gasteiger partial charge < -0.3 is 15.1 Å². The number of anilines is 2. The summed E-state index contributed by atoms with van der Waals surface area (Å²) in [4.78, 5) is 16.5. The normalized spacial score (nSPS) is 21.8. The van der Waals surface area contributed by atoms with Gasteiger partial charge in [-0.05, 0) is 44.4 Å². The number of nitrogens with one attached hydrogen (secondary N) is 1. The standard InChI is InChI=1S/C18H26ClN3O3S/c1-2-22(15-7-10-26(24,25)13-15)18(23)12-20-14-5-6-17(16(19)11-14)21-8-3-4-9-21/h5-6,11,15,20H,2-4,7-10,12-13H2,1H3. The smallest absolute Gasteiger partial charge is 0.242 e. The van der Waals surface area contributed by atoms with Crippen LogP contribution in [0.25, 0.3) is 0 Å². The molecule has 1 N–H and O–H groups in total. The second-order valence-corrected chi connectivity index (χ2v) is 9.59. The van der Waals surface area contributed by atoms with Crippen LogP contribution in [0.3, 0.4) is 0 Å². The molecule has 26 heavy (non-hydrogen) atoms. The molecule has 6 nitrogen and oxygen atoms in total. The molecule has 1 aromatic rings. The van der Waals surface area contributed by atoms with E-state index in [0.29, 0.717) is 18.0 Å². The van der Waals surface area contributed by atoms with Gasteiger partial charge in [0.15, 0.2) is 9.84 Å². The van der Waals surface area contributed by atoms with Crippen LogP contribution >= 0.6 is 11.6 Å². The largest absolute Gasteiger partial charge is 0.376 e. The van der Waals surface area contributed by atoms with Gasteiger partial charge in [-0.3, -0.25) is 4.79 Å². The van der Waals surface area contributed by atoms with E-state index in [9.17, 15) is 13.2 Å². The number of benzene rings is 1. The predicted molar refractivity (Wildman–Crippen MR) is 106 cm³/mol. The molecule has 1 unspecified atom stereocenters. The zero-order valence-electron chi connectivity index (χ0n) is 15.1. The van der Waals surface area contributed by atoms with Gasteiger partial charge in [-0.1, -0.05) is 11.6 Å². The Labute approximate surface area is 160 Å². The molecule has 8 heteroatoms. The Morgan fingerprint density at radius 1 is 1.35 bits per heavy atom. The van der Waals surface area contributed by atoms with Crippen molar-refractivity contribution >= 4 is 38.7 Å². The number of likely N-dealkylation sites (N-methyl/N-ethyl adjacent to an activating group) is 1. The maximum Gasteiger partial charge on any atom is 0.242 e. The molecule has 1 atom stereocenters. The molecular formula is C18H26ClN3O3S. The van der Waals surface area contributed by atoms with Crippen LogP contribution in [0.4, 0.5) is 11.4 Å². The van der Waals surface area contributed by atoms with E-state index < -0.39 is 9.84 Å². The van der Waals surface area contributed by atoms with Crippen LogP contribution in [0, 0.1) is 0 Å². The Bertz CT molecular complexity index is 763. The van der Waals surface area contributed by atoms with Gasteiger partial charge in [-0.2, -0.15) is 0 Å². The van der Waals surface area contributed by atoms with Gasteiger partial charge in [0.1, 0.15) is 0 Å². The maximum absolute atomic E-state index is 12.5. The molecule has 2 aliphatic heterocycles. The summed E-state index contributed by atoms with van der Waals surface area (Å²) < 4.78 is 23.3. The third-order valence-corrected chi connectivity index (χ3v) is 7.20. The van der Waals surface area contributed by atoms with Gasteiger partial charge in [-0.25, -0.2) is 8.42 Å². The van der Waals surface area contributed by atoms with E-state index in [1.165, 1.54) is 12.8 Å². The molecule has 3 rings (SSSR count). The lowest BCUT2D eigenvalue weighted by Gasteiger charge is -2.27. The number of rotatable bonds is 6. The minimum atomic E-state index is -3.01. The number of hydrogen-bond acceptors (Lipinski definition) is 5. The average Bonchev–Trinajstić information content (AvgIpc) is 3.23. The fraction of sp³-hybridized carbons (Fsp3) is 0.611. The Balaban J connectivity index is 1.59. The van der Waals surface area contributed by atoms with Crippen molar-refractivity contribution in [2.24, 2.45) is 0 Å². The Morgan fingerprint density at radius 3 is 2.65 bits per heavy atom. The first-order chi connectivity index (χ1) is 12.4. The molecule has 0 saturated carbocycles. The van der Waals surface area contributed by atoms with Crippen LogP contribution in [0.5, 0.6) is 0 Å². The summed E-state index contributed by atoms with van der Waals surface area (Å²) in [5.41, 5.74) is 1.83. The minimum Gasteiger partial charge on any atom is -0.376 e. The molecular weight excluding hydrogens is 374 g/mol. The maximum atomic E-state index is 12.5. The summed E-state index contributed by atoms with van der Waals surface area (Å²) in [5, 5.41) is 3.80. The molecule has 0 radical (unpaired) electrons. The highest BCUT2D eigenvalue weighted by molar-refractivity contribution is 7.91. The van der Waals surface area contributed by atoms with Gasteiger partial charge >= 0.3 is 0 Å². The molecule has 0 bridgehead atoms. The summed E-state index contributed by atoms with van der Waals surface area (Å²) in [6.45, 7) is 4.57. The predicted octanol–water partition coefficient (Wildman–Crippen LogP) is 2.39. The first-order valence-electron chi connectivity index (χ1n) is 9.18. The number of nitrogens with zero attached hydrogens (tertiary/aromatic N) is 2. The van der Waals surface area contributed by atoms with Crippen molar-refractivity contribution in [3.05, 3.63) is 23.2 Å². The molecule has 2 saturated heterocycles. The van der Waals surface area contributed by atoms with Gasteiger partial charge in [0, 0.05) is 31.4 Å². The summed E-state index contributed by atoms with van der Waals surface area (Å²) >= 11 is 6.41. The summed E-state index contributed by atoms with van der Waals surface area (Å²) in [6.07, 6.45) is 2.90. The first kappa shape index (κ1) is 19.3. The van der Waals surface area contributed by atoms with Crippen molar-refractivity contribution in [1.29, 1.82) is 0 Å². The fourth-order valence-corrected chi connectivity index (χ4v) is 5.80. The van der Waals surface area contributed by atoms with Crippen molar-refractivity contribution in [1.82, 2.24) is 4.90 Å². The number of sulfone groups is 1. The second kappa shape index (κ2) is 8.05. The SMILES string of the molecule is CCN(C(=O)CNc1ccc(N2CCCC2)c(Cl)c1)C1CCS(=O)(=O)C1. The molecule has 144 valence electrons. The highest BCUT2D eigenvalue weighted by Crippen LogP contribution is 2.31. The third-order valence-electron chi connectivity index (χ3n) is 5.15. The van der Waals surface area contributed by atoms with E-state index in [-0.39, 0.29) is 30.0 Å². The van der Waals surface area contributed by atoms with Gasteiger partial charge in [0.2, 0.25) is 5.91 Å². The molecule has 0 aromatic heterocycles. The zero-order valence-corrected chi connectivity index (χ0v) is 16.7. The van der Waals surface area contributed by atoms with Crippen LogP contribution in [-0.4, -0.2) is 63.0 Å². The van der Waals surface area contributed by atoms with Crippen LogP contribution in [-0.2, 0) is 14.6 Å². The molecule has 0 aliphatic carbocycles. The summed E-state index contributed by atoms with van der Waals surface area (Å²) in [6, 6.07) is 5.56. The Hall–Kier alpha value is -1.47. The minimum absolute atomic E-state index is 0.0724. The molecule has 1 aromatic carbocycles. The molecule has 1 amide bonds. The Morgan fingerprint density at radius 2 is 2.08 bits per heavy atom. The lowest BCUT2D eigenvalue weighted by molar-refractivity contribution is -0.130. The number of amides is 1. The molecule has 2 aliphatic rings. The van der Waals surface area contributed by atoms with Crippen LogP contribution in [0.15, 0.2) is 18.2 Å². The lowest BCUT2D eigenvalue weighted by atomic mass is 10.2. The van der Waals surface area contributed by atoms with Crippen LogP contribution in [0.2, 0.25) is 5.02 Å².